The summed E-state index contributed by atoms with van der Waals surface area (Å²) >= 11 is 11.8. The summed E-state index contributed by atoms with van der Waals surface area (Å²) in [7, 11) is -1.54. The monoisotopic (exact) mass is 365 g/mol. The zero-order valence-corrected chi connectivity index (χ0v) is 14.9. The van der Waals surface area contributed by atoms with E-state index in [4.69, 9.17) is 27.9 Å². The minimum Gasteiger partial charge on any atom is -0.377 e. The fourth-order valence-electron chi connectivity index (χ4n) is 2.49. The standard InChI is InChI=1S/C15H21Cl2NO3S/c1-18(11-13-4-2-3-8-21-13)7-9-22(19,20)15-10-12(16)5-6-14(15)17/h5-6,10,13H,2-4,7-9,11H2,1H3. The molecule has 1 atom stereocenters. The fraction of sp³-hybridized carbons (Fsp3) is 0.600. The van der Waals surface area contributed by atoms with E-state index >= 15 is 0 Å². The van der Waals surface area contributed by atoms with Crippen molar-refractivity contribution in [3.63, 3.8) is 0 Å². The summed E-state index contributed by atoms with van der Waals surface area (Å²) in [4.78, 5) is 2.09. The number of ether oxygens (including phenoxy) is 1. The Balaban J connectivity index is 1.92. The van der Waals surface area contributed by atoms with Crippen molar-refractivity contribution >= 4 is 33.0 Å². The molecule has 1 aromatic carbocycles. The van der Waals surface area contributed by atoms with Crippen LogP contribution in [0.15, 0.2) is 23.1 Å². The zero-order chi connectivity index (χ0) is 16.2. The molecule has 124 valence electrons. The third kappa shape index (κ3) is 5.10. The van der Waals surface area contributed by atoms with Crippen LogP contribution >= 0.6 is 23.2 Å². The van der Waals surface area contributed by atoms with Gasteiger partial charge in [-0.15, -0.1) is 0 Å². The molecule has 1 aliphatic heterocycles. The lowest BCUT2D eigenvalue weighted by Crippen LogP contribution is -2.35. The van der Waals surface area contributed by atoms with Crippen LogP contribution in [0.3, 0.4) is 0 Å². The lowest BCUT2D eigenvalue weighted by Gasteiger charge is -2.27. The van der Waals surface area contributed by atoms with E-state index in [1.807, 2.05) is 11.9 Å². The van der Waals surface area contributed by atoms with Gasteiger partial charge in [0.1, 0.15) is 0 Å². The van der Waals surface area contributed by atoms with Crippen LogP contribution in [-0.2, 0) is 14.6 Å². The van der Waals surface area contributed by atoms with Crippen molar-refractivity contribution in [3.8, 4) is 0 Å². The molecule has 0 aliphatic carbocycles. The highest BCUT2D eigenvalue weighted by atomic mass is 35.5. The number of hydrogen-bond donors (Lipinski definition) is 0. The molecule has 2 rings (SSSR count). The van der Waals surface area contributed by atoms with Crippen LogP contribution in [0.25, 0.3) is 0 Å². The number of hydrogen-bond acceptors (Lipinski definition) is 4. The van der Waals surface area contributed by atoms with Crippen molar-refractivity contribution in [2.45, 2.75) is 30.3 Å². The van der Waals surface area contributed by atoms with Crippen LogP contribution in [0.2, 0.25) is 10.0 Å². The molecule has 1 aromatic rings. The second-order valence-electron chi connectivity index (χ2n) is 5.64. The van der Waals surface area contributed by atoms with Gasteiger partial charge in [-0.2, -0.15) is 0 Å². The summed E-state index contributed by atoms with van der Waals surface area (Å²) in [6.07, 6.45) is 3.53. The Kier molecular flexibility index (Phi) is 6.53. The minimum atomic E-state index is -3.45. The van der Waals surface area contributed by atoms with Gasteiger partial charge in [-0.1, -0.05) is 23.2 Å². The van der Waals surface area contributed by atoms with Crippen LogP contribution in [0.5, 0.6) is 0 Å². The maximum Gasteiger partial charge on any atom is 0.181 e. The quantitative estimate of drug-likeness (QED) is 0.775. The van der Waals surface area contributed by atoms with E-state index in [1.54, 1.807) is 6.07 Å². The molecule has 7 heteroatoms. The van der Waals surface area contributed by atoms with E-state index in [0.29, 0.717) is 11.6 Å². The summed E-state index contributed by atoms with van der Waals surface area (Å²) in [6.45, 7) is 1.98. The number of sulfone groups is 1. The molecule has 0 saturated carbocycles. The Hall–Kier alpha value is -0.330. The molecule has 0 bridgehead atoms. The average molecular weight is 366 g/mol. The van der Waals surface area contributed by atoms with E-state index in [9.17, 15) is 8.42 Å². The molecule has 0 radical (unpaired) electrons. The van der Waals surface area contributed by atoms with Crippen LogP contribution < -0.4 is 0 Å². The van der Waals surface area contributed by atoms with E-state index in [0.717, 1.165) is 26.0 Å². The molecule has 1 heterocycles. The Labute approximate surface area is 142 Å². The third-order valence-corrected chi connectivity index (χ3v) is 6.16. The van der Waals surface area contributed by atoms with Crippen LogP contribution in [0, 0.1) is 0 Å². The molecule has 1 aliphatic rings. The SMILES string of the molecule is CN(CCS(=O)(=O)c1cc(Cl)ccc1Cl)CC1CCCCO1. The Bertz CT molecular complexity index is 601. The summed E-state index contributed by atoms with van der Waals surface area (Å²) in [6, 6.07) is 4.50. The third-order valence-electron chi connectivity index (χ3n) is 3.76. The maximum atomic E-state index is 12.4. The van der Waals surface area contributed by atoms with Gasteiger partial charge in [-0.3, -0.25) is 0 Å². The average Bonchev–Trinajstić information content (AvgIpc) is 2.49. The molecule has 4 nitrogen and oxygen atoms in total. The van der Waals surface area contributed by atoms with Gasteiger partial charge in [0.2, 0.25) is 0 Å². The summed E-state index contributed by atoms with van der Waals surface area (Å²) in [5.41, 5.74) is 0. The van der Waals surface area contributed by atoms with Gasteiger partial charge in [0.25, 0.3) is 0 Å². The van der Waals surface area contributed by atoms with Crippen molar-refractivity contribution in [1.29, 1.82) is 0 Å². The molecule has 0 N–H and O–H groups in total. The minimum absolute atomic E-state index is 0.0102. The highest BCUT2D eigenvalue weighted by molar-refractivity contribution is 7.91. The first-order chi connectivity index (χ1) is 10.4. The first kappa shape index (κ1) is 18.0. The van der Waals surface area contributed by atoms with E-state index < -0.39 is 9.84 Å². The van der Waals surface area contributed by atoms with E-state index in [2.05, 4.69) is 0 Å². The molecule has 0 aromatic heterocycles. The largest absolute Gasteiger partial charge is 0.377 e. The van der Waals surface area contributed by atoms with Crippen molar-refractivity contribution in [3.05, 3.63) is 28.2 Å². The maximum absolute atomic E-state index is 12.4. The molecule has 0 amide bonds. The predicted molar refractivity (Wildman–Crippen MR) is 89.6 cm³/mol. The molecule has 1 saturated heterocycles. The van der Waals surface area contributed by atoms with Gasteiger partial charge in [-0.25, -0.2) is 8.42 Å². The van der Waals surface area contributed by atoms with Crippen molar-refractivity contribution in [2.75, 3.05) is 32.5 Å². The second-order valence-corrected chi connectivity index (χ2v) is 8.57. The predicted octanol–water partition coefficient (Wildman–Crippen LogP) is 3.27. The van der Waals surface area contributed by atoms with Crippen LogP contribution in [0.4, 0.5) is 0 Å². The Morgan fingerprint density at radius 1 is 1.32 bits per heavy atom. The van der Waals surface area contributed by atoms with Crippen LogP contribution in [-0.4, -0.2) is 51.9 Å². The van der Waals surface area contributed by atoms with Crippen molar-refractivity contribution in [2.24, 2.45) is 0 Å². The van der Waals surface area contributed by atoms with E-state index in [-0.39, 0.29) is 21.8 Å². The number of likely N-dealkylation sites (N-methyl/N-ethyl adjacent to an activating group) is 1. The van der Waals surface area contributed by atoms with Gasteiger partial charge in [0.05, 0.1) is 21.8 Å². The number of nitrogens with zero attached hydrogens (tertiary/aromatic N) is 1. The Morgan fingerprint density at radius 2 is 2.09 bits per heavy atom. The van der Waals surface area contributed by atoms with Crippen LogP contribution in [0.1, 0.15) is 19.3 Å². The zero-order valence-electron chi connectivity index (χ0n) is 12.6. The number of halogens is 2. The van der Waals surface area contributed by atoms with Gasteiger partial charge in [0, 0.05) is 24.7 Å². The summed E-state index contributed by atoms with van der Waals surface area (Å²) in [5.74, 6) is 0.0102. The fourth-order valence-corrected chi connectivity index (χ4v) is 4.64. The lowest BCUT2D eigenvalue weighted by atomic mass is 10.1. The van der Waals surface area contributed by atoms with Gasteiger partial charge in [0.15, 0.2) is 9.84 Å². The smallest absolute Gasteiger partial charge is 0.181 e. The molecular weight excluding hydrogens is 345 g/mol. The molecule has 22 heavy (non-hydrogen) atoms. The van der Waals surface area contributed by atoms with E-state index in [1.165, 1.54) is 18.6 Å². The molecular formula is C15H21Cl2NO3S. The van der Waals surface area contributed by atoms with Gasteiger partial charge in [-0.05, 0) is 44.5 Å². The summed E-state index contributed by atoms with van der Waals surface area (Å²) < 4.78 is 30.5. The highest BCUT2D eigenvalue weighted by Crippen LogP contribution is 2.26. The lowest BCUT2D eigenvalue weighted by molar-refractivity contribution is -0.000571. The number of benzene rings is 1. The van der Waals surface area contributed by atoms with Gasteiger partial charge >= 0.3 is 0 Å². The van der Waals surface area contributed by atoms with Gasteiger partial charge < -0.3 is 9.64 Å². The first-order valence-corrected chi connectivity index (χ1v) is 9.77. The van der Waals surface area contributed by atoms with Crippen molar-refractivity contribution < 1.29 is 13.2 Å². The molecule has 1 unspecified atom stereocenters. The van der Waals surface area contributed by atoms with Crippen molar-refractivity contribution in [1.82, 2.24) is 4.90 Å². The summed E-state index contributed by atoms with van der Waals surface area (Å²) in [5, 5.41) is 0.578. The highest BCUT2D eigenvalue weighted by Gasteiger charge is 2.21. The molecule has 0 spiro atoms. The first-order valence-electron chi connectivity index (χ1n) is 7.36. The second kappa shape index (κ2) is 7.97. The molecule has 1 fully saturated rings. The Morgan fingerprint density at radius 3 is 2.77 bits per heavy atom. The topological polar surface area (TPSA) is 46.6 Å². The normalized spacial score (nSPS) is 19.5. The number of rotatable bonds is 6.